The SMILES string of the molecule is C=CCc1ccc(OCCn2c(CN3CCOCC3)nc3ccccc32)c(OC)c1.Cc1ccc(OCCn2c(CN3CCOCC3)nc3ccccc32)cc1.c1ccc(OCCn2c(CN3CCOCC3)nc3ccccc32)cc1. The van der Waals surface area contributed by atoms with Gasteiger partial charge >= 0.3 is 0 Å². The van der Waals surface area contributed by atoms with E-state index < -0.39 is 0 Å². The van der Waals surface area contributed by atoms with E-state index in [0.29, 0.717) is 19.8 Å². The molecule has 0 unspecified atom stereocenters. The van der Waals surface area contributed by atoms with E-state index in [2.05, 4.69) is 115 Å². The molecule has 3 saturated heterocycles. The maximum atomic E-state index is 6.10. The van der Waals surface area contributed by atoms with Gasteiger partial charge in [-0.1, -0.05) is 84.4 Å². The molecule has 3 aromatic heterocycles. The molecule has 0 N–H and O–H groups in total. The third kappa shape index (κ3) is 15.7. The van der Waals surface area contributed by atoms with Crippen molar-refractivity contribution in [1.82, 2.24) is 43.4 Å². The molecule has 0 aliphatic carbocycles. The van der Waals surface area contributed by atoms with Gasteiger partial charge in [0.15, 0.2) is 11.5 Å². The lowest BCUT2D eigenvalue weighted by Gasteiger charge is -2.26. The molecule has 0 saturated carbocycles. The molecule has 12 rings (SSSR count). The number of morpholine rings is 3. The third-order valence-electron chi connectivity index (χ3n) is 14.7. The normalized spacial score (nSPS) is 15.2. The van der Waals surface area contributed by atoms with Crippen LogP contribution in [0.2, 0.25) is 0 Å². The van der Waals surface area contributed by atoms with Crippen LogP contribution in [0.5, 0.6) is 23.0 Å². The Morgan fingerprint density at radius 1 is 0.457 bits per heavy atom. The van der Waals surface area contributed by atoms with Gasteiger partial charge in [0.2, 0.25) is 0 Å². The molecule has 424 valence electrons. The van der Waals surface area contributed by atoms with Crippen LogP contribution in [0.25, 0.3) is 33.1 Å². The molecular weight excluding hydrogens is 1020 g/mol. The summed E-state index contributed by atoms with van der Waals surface area (Å²) in [4.78, 5) is 21.8. The van der Waals surface area contributed by atoms with Gasteiger partial charge in [0.25, 0.3) is 0 Å². The molecule has 3 aliphatic rings. The van der Waals surface area contributed by atoms with Crippen LogP contribution in [0.1, 0.15) is 28.6 Å². The van der Waals surface area contributed by atoms with E-state index in [1.54, 1.807) is 7.11 Å². The van der Waals surface area contributed by atoms with Crippen molar-refractivity contribution in [2.75, 3.05) is 106 Å². The second-order valence-corrected chi connectivity index (χ2v) is 20.3. The number of aromatic nitrogens is 6. The highest BCUT2D eigenvalue weighted by Gasteiger charge is 2.20. The Hall–Kier alpha value is -7.57. The summed E-state index contributed by atoms with van der Waals surface area (Å²) < 4.78 is 46.7. The third-order valence-corrected chi connectivity index (χ3v) is 14.7. The first-order chi connectivity index (χ1) is 40.0. The van der Waals surface area contributed by atoms with Crippen molar-refractivity contribution in [3.8, 4) is 23.0 Å². The number of allylic oxidation sites excluding steroid dienone is 1. The molecule has 0 atom stereocenters. The Morgan fingerprint density at radius 2 is 0.852 bits per heavy atom. The standard InChI is InChI=1S/C24H29N3O3.C21H25N3O2.C20H23N3O2/c1-3-6-19-9-10-22(23(17-19)28-2)30-16-13-27-21-8-5-4-7-20(21)25-24(27)18-26-11-14-29-15-12-26;1-17-6-8-18(9-7-17)26-15-12-24-20-5-3-2-4-19(20)22-21(24)16-23-10-13-25-14-11-23;1-2-6-17(7-3-1)25-15-12-23-19-9-5-4-8-18(19)21-20(23)16-22-10-13-24-14-11-22/h3-5,7-10,17H,1,6,11-16,18H2,2H3;2-9H,10-16H2,1H3;1-9H,10-16H2. The smallest absolute Gasteiger partial charge is 0.161 e. The summed E-state index contributed by atoms with van der Waals surface area (Å²) in [7, 11) is 1.67. The Bertz CT molecular complexity index is 3360. The molecule has 9 aromatic rings. The Labute approximate surface area is 476 Å². The molecule has 81 heavy (non-hydrogen) atoms. The maximum Gasteiger partial charge on any atom is 0.161 e. The minimum absolute atomic E-state index is 0.535. The predicted molar refractivity (Wildman–Crippen MR) is 318 cm³/mol. The van der Waals surface area contributed by atoms with Gasteiger partial charge in [-0.25, -0.2) is 15.0 Å². The Balaban J connectivity index is 0.000000137. The predicted octanol–water partition coefficient (Wildman–Crippen LogP) is 9.89. The summed E-state index contributed by atoms with van der Waals surface area (Å²) in [5.74, 6) is 6.58. The van der Waals surface area contributed by atoms with Gasteiger partial charge in [-0.05, 0) is 91.7 Å². The number of benzene rings is 6. The molecule has 16 heteroatoms. The van der Waals surface area contributed by atoms with Gasteiger partial charge in [-0.3, -0.25) is 14.7 Å². The number of hydrogen-bond acceptors (Lipinski definition) is 13. The van der Waals surface area contributed by atoms with Gasteiger partial charge in [-0.2, -0.15) is 0 Å². The van der Waals surface area contributed by atoms with E-state index in [-0.39, 0.29) is 0 Å². The van der Waals surface area contributed by atoms with Crippen LogP contribution in [0, 0.1) is 6.92 Å². The summed E-state index contributed by atoms with van der Waals surface area (Å²) in [6.07, 6.45) is 2.69. The zero-order valence-electron chi connectivity index (χ0n) is 47.1. The number of ether oxygens (including phenoxy) is 7. The van der Waals surface area contributed by atoms with Crippen LogP contribution in [-0.2, 0) is 59.9 Å². The van der Waals surface area contributed by atoms with Crippen LogP contribution >= 0.6 is 0 Å². The number of rotatable bonds is 21. The quantitative estimate of drug-likeness (QED) is 0.0634. The van der Waals surface area contributed by atoms with Crippen LogP contribution in [0.4, 0.5) is 0 Å². The van der Waals surface area contributed by atoms with Crippen LogP contribution in [0.3, 0.4) is 0 Å². The molecule has 3 fully saturated rings. The lowest BCUT2D eigenvalue weighted by Crippen LogP contribution is -2.36. The van der Waals surface area contributed by atoms with Crippen molar-refractivity contribution < 1.29 is 33.2 Å². The van der Waals surface area contributed by atoms with Gasteiger partial charge < -0.3 is 46.9 Å². The minimum Gasteiger partial charge on any atom is -0.493 e. The fourth-order valence-electron chi connectivity index (χ4n) is 10.4. The molecule has 16 nitrogen and oxygen atoms in total. The molecule has 0 bridgehead atoms. The van der Waals surface area contributed by atoms with Crippen LogP contribution < -0.4 is 18.9 Å². The average Bonchev–Trinajstić information content (AvgIpc) is 4.22. The highest BCUT2D eigenvalue weighted by atomic mass is 16.5. The first kappa shape index (κ1) is 56.7. The monoisotopic (exact) mass is 1100 g/mol. The highest BCUT2D eigenvalue weighted by Crippen LogP contribution is 2.29. The molecule has 6 heterocycles. The topological polar surface area (TPSA) is 128 Å². The Morgan fingerprint density at radius 3 is 1.27 bits per heavy atom. The summed E-state index contributed by atoms with van der Waals surface area (Å²) in [5.41, 5.74) is 8.99. The fraction of sp³-hybridized carbons (Fsp3) is 0.369. The van der Waals surface area contributed by atoms with Gasteiger partial charge in [0.05, 0.1) is 119 Å². The maximum absolute atomic E-state index is 6.10. The number of aryl methyl sites for hydroxylation is 1. The second kappa shape index (κ2) is 29.2. The number of methoxy groups -OCH3 is 1. The van der Waals surface area contributed by atoms with E-state index in [4.69, 9.17) is 48.1 Å². The first-order valence-electron chi connectivity index (χ1n) is 28.5. The molecule has 0 radical (unpaired) electrons. The molecule has 0 amide bonds. The average molecular weight is 1100 g/mol. The highest BCUT2D eigenvalue weighted by molar-refractivity contribution is 5.77. The van der Waals surface area contributed by atoms with Crippen molar-refractivity contribution in [3.05, 3.63) is 187 Å². The van der Waals surface area contributed by atoms with Gasteiger partial charge in [0, 0.05) is 39.3 Å². The lowest BCUT2D eigenvalue weighted by molar-refractivity contribution is 0.0325. The number of nitrogens with zero attached hydrogens (tertiary/aromatic N) is 9. The second-order valence-electron chi connectivity index (χ2n) is 20.3. The zero-order chi connectivity index (χ0) is 55.4. The van der Waals surface area contributed by atoms with E-state index in [9.17, 15) is 0 Å². The lowest BCUT2D eigenvalue weighted by atomic mass is 10.1. The summed E-state index contributed by atoms with van der Waals surface area (Å²) in [6.45, 7) is 23.0. The summed E-state index contributed by atoms with van der Waals surface area (Å²) in [5, 5.41) is 0. The first-order valence-corrected chi connectivity index (χ1v) is 28.5. The molecule has 3 aliphatic heterocycles. The van der Waals surface area contributed by atoms with Crippen molar-refractivity contribution in [3.63, 3.8) is 0 Å². The molecular formula is C65H77N9O7. The largest absolute Gasteiger partial charge is 0.493 e. The summed E-state index contributed by atoms with van der Waals surface area (Å²) in [6, 6.07) is 49.1. The van der Waals surface area contributed by atoms with Crippen molar-refractivity contribution in [2.45, 2.75) is 52.6 Å². The number of hydrogen-bond donors (Lipinski definition) is 0. The van der Waals surface area contributed by atoms with Gasteiger partial charge in [0.1, 0.15) is 48.8 Å². The zero-order valence-corrected chi connectivity index (χ0v) is 47.1. The fourth-order valence-corrected chi connectivity index (χ4v) is 10.4. The van der Waals surface area contributed by atoms with Crippen molar-refractivity contribution >= 4 is 33.1 Å². The number of imidazole rings is 3. The van der Waals surface area contributed by atoms with Crippen molar-refractivity contribution in [1.29, 1.82) is 0 Å². The van der Waals surface area contributed by atoms with Crippen LogP contribution in [0.15, 0.2) is 158 Å². The summed E-state index contributed by atoms with van der Waals surface area (Å²) >= 11 is 0. The van der Waals surface area contributed by atoms with Gasteiger partial charge in [-0.15, -0.1) is 6.58 Å². The molecule has 6 aromatic carbocycles. The van der Waals surface area contributed by atoms with Crippen LogP contribution in [-0.4, -0.2) is 149 Å². The van der Waals surface area contributed by atoms with Crippen molar-refractivity contribution in [2.24, 2.45) is 0 Å². The number of fused-ring (bicyclic) bond motifs is 3. The minimum atomic E-state index is 0.535. The Kier molecular flexibility index (Phi) is 20.5. The van der Waals surface area contributed by atoms with E-state index in [1.807, 2.05) is 78.9 Å². The van der Waals surface area contributed by atoms with E-state index in [1.165, 1.54) is 16.6 Å². The van der Waals surface area contributed by atoms with E-state index >= 15 is 0 Å². The van der Waals surface area contributed by atoms with E-state index in [0.717, 1.165) is 193 Å². The molecule has 0 spiro atoms. The number of para-hydroxylation sites is 7.